The summed E-state index contributed by atoms with van der Waals surface area (Å²) in [7, 11) is 0. The number of benzene rings is 1. The number of hydrogen-bond donors (Lipinski definition) is 3. The van der Waals surface area contributed by atoms with Crippen molar-refractivity contribution in [2.75, 3.05) is 13.1 Å². The van der Waals surface area contributed by atoms with Gasteiger partial charge >= 0.3 is 0 Å². The lowest BCUT2D eigenvalue weighted by Crippen LogP contribution is -2.56. The van der Waals surface area contributed by atoms with Gasteiger partial charge in [-0.2, -0.15) is 0 Å². The molecule has 70 valence electrons. The fourth-order valence-corrected chi connectivity index (χ4v) is 1.81. The van der Waals surface area contributed by atoms with Crippen LogP contribution in [0.25, 0.3) is 0 Å². The molecule has 0 radical (unpaired) electrons. The zero-order chi connectivity index (χ0) is 9.47. The van der Waals surface area contributed by atoms with Crippen LogP contribution in [0.3, 0.4) is 0 Å². The third-order valence-corrected chi connectivity index (χ3v) is 2.96. The minimum Gasteiger partial charge on any atom is -0.506 e. The summed E-state index contributed by atoms with van der Waals surface area (Å²) < 4.78 is 0.616. The van der Waals surface area contributed by atoms with E-state index in [-0.39, 0.29) is 5.75 Å². The first-order chi connectivity index (χ1) is 6.13. The van der Waals surface area contributed by atoms with Crippen LogP contribution < -0.4 is 5.32 Å². The predicted molar refractivity (Wildman–Crippen MR) is 52.6 cm³/mol. The number of phenolic OH excluding ortho intramolecular Hbond substituents is 1. The Morgan fingerprint density at radius 1 is 1.38 bits per heavy atom. The topological polar surface area (TPSA) is 52.5 Å². The second-order valence-corrected chi connectivity index (χ2v) is 4.13. The van der Waals surface area contributed by atoms with Crippen molar-refractivity contribution >= 4 is 15.9 Å². The lowest BCUT2D eigenvalue weighted by atomic mass is 9.88. The van der Waals surface area contributed by atoms with Gasteiger partial charge in [-0.15, -0.1) is 0 Å². The van der Waals surface area contributed by atoms with Crippen molar-refractivity contribution in [1.82, 2.24) is 5.32 Å². The van der Waals surface area contributed by atoms with E-state index in [1.54, 1.807) is 18.2 Å². The normalized spacial score (nSPS) is 19.5. The average Bonchev–Trinajstić information content (AvgIpc) is 2.06. The van der Waals surface area contributed by atoms with Crippen molar-refractivity contribution in [3.63, 3.8) is 0 Å². The van der Waals surface area contributed by atoms with Crippen LogP contribution in [-0.4, -0.2) is 23.3 Å². The van der Waals surface area contributed by atoms with Gasteiger partial charge in [0.15, 0.2) is 0 Å². The van der Waals surface area contributed by atoms with E-state index in [9.17, 15) is 10.2 Å². The van der Waals surface area contributed by atoms with Crippen LogP contribution in [0, 0.1) is 0 Å². The molecular weight excluding hydrogens is 234 g/mol. The molecule has 0 atom stereocenters. The van der Waals surface area contributed by atoms with Crippen molar-refractivity contribution in [2.24, 2.45) is 0 Å². The molecule has 1 saturated heterocycles. The van der Waals surface area contributed by atoms with Gasteiger partial charge in [0, 0.05) is 18.7 Å². The summed E-state index contributed by atoms with van der Waals surface area (Å²) in [4.78, 5) is 0. The highest BCUT2D eigenvalue weighted by molar-refractivity contribution is 9.10. The monoisotopic (exact) mass is 243 g/mol. The smallest absolute Gasteiger partial charge is 0.135 e. The Kier molecular flexibility index (Phi) is 2.06. The van der Waals surface area contributed by atoms with E-state index in [0.29, 0.717) is 23.1 Å². The van der Waals surface area contributed by atoms with Gasteiger partial charge in [-0.3, -0.25) is 0 Å². The van der Waals surface area contributed by atoms with Gasteiger partial charge in [-0.05, 0) is 22.0 Å². The lowest BCUT2D eigenvalue weighted by Gasteiger charge is -2.38. The average molecular weight is 244 g/mol. The minimum absolute atomic E-state index is 0.131. The quantitative estimate of drug-likeness (QED) is 0.689. The molecule has 0 amide bonds. The molecule has 1 aliphatic heterocycles. The summed E-state index contributed by atoms with van der Waals surface area (Å²) in [6.45, 7) is 0.994. The molecule has 0 unspecified atom stereocenters. The summed E-state index contributed by atoms with van der Waals surface area (Å²) in [5, 5.41) is 22.6. The molecule has 1 aliphatic rings. The zero-order valence-electron chi connectivity index (χ0n) is 6.92. The minimum atomic E-state index is -0.895. The van der Waals surface area contributed by atoms with Gasteiger partial charge in [-0.1, -0.05) is 12.1 Å². The molecular formula is C9H10BrNO2. The molecule has 0 aliphatic carbocycles. The highest BCUT2D eigenvalue weighted by atomic mass is 79.9. The maximum Gasteiger partial charge on any atom is 0.135 e. The molecule has 0 bridgehead atoms. The van der Waals surface area contributed by atoms with Crippen LogP contribution in [0.5, 0.6) is 5.75 Å². The predicted octanol–water partition coefficient (Wildman–Crippen LogP) is 0.945. The summed E-state index contributed by atoms with van der Waals surface area (Å²) >= 11 is 3.21. The lowest BCUT2D eigenvalue weighted by molar-refractivity contribution is -0.0165. The van der Waals surface area contributed by atoms with Crippen LogP contribution in [-0.2, 0) is 5.60 Å². The molecule has 1 aromatic carbocycles. The third kappa shape index (κ3) is 1.35. The Hall–Kier alpha value is -0.580. The summed E-state index contributed by atoms with van der Waals surface area (Å²) in [5.74, 6) is 0.131. The number of aromatic hydroxyl groups is 1. The Bertz CT molecular complexity index is 336. The van der Waals surface area contributed by atoms with Gasteiger partial charge in [0.1, 0.15) is 11.4 Å². The van der Waals surface area contributed by atoms with Gasteiger partial charge < -0.3 is 15.5 Å². The number of hydrogen-bond acceptors (Lipinski definition) is 3. The molecule has 1 aromatic rings. The van der Waals surface area contributed by atoms with Crippen LogP contribution in [0.1, 0.15) is 5.56 Å². The van der Waals surface area contributed by atoms with Crippen LogP contribution in [0.2, 0.25) is 0 Å². The zero-order valence-corrected chi connectivity index (χ0v) is 8.50. The first-order valence-corrected chi connectivity index (χ1v) is 4.84. The standard InChI is InChI=1S/C9H10BrNO2/c10-7-3-1-2-6(8(7)12)9(13)4-11-5-9/h1-3,11-13H,4-5H2. The SMILES string of the molecule is Oc1c(Br)cccc1C1(O)CNC1. The molecule has 2 rings (SSSR count). The number of phenols is 1. The van der Waals surface area contributed by atoms with E-state index in [1.165, 1.54) is 0 Å². The van der Waals surface area contributed by atoms with Crippen molar-refractivity contribution in [3.05, 3.63) is 28.2 Å². The number of nitrogens with one attached hydrogen (secondary N) is 1. The van der Waals surface area contributed by atoms with Gasteiger partial charge in [0.2, 0.25) is 0 Å². The van der Waals surface area contributed by atoms with Crippen molar-refractivity contribution in [2.45, 2.75) is 5.60 Å². The molecule has 1 heterocycles. The van der Waals surface area contributed by atoms with E-state index < -0.39 is 5.60 Å². The van der Waals surface area contributed by atoms with Crippen molar-refractivity contribution < 1.29 is 10.2 Å². The highest BCUT2D eigenvalue weighted by Gasteiger charge is 2.38. The molecule has 0 spiro atoms. The Labute approximate surface area is 84.5 Å². The van der Waals surface area contributed by atoms with Crippen LogP contribution >= 0.6 is 15.9 Å². The number of aliphatic hydroxyl groups is 1. The number of halogens is 1. The van der Waals surface area contributed by atoms with Crippen LogP contribution in [0.4, 0.5) is 0 Å². The maximum atomic E-state index is 9.94. The third-order valence-electron chi connectivity index (χ3n) is 2.32. The Balaban J connectivity index is 2.45. The molecule has 0 saturated carbocycles. The summed E-state index contributed by atoms with van der Waals surface area (Å²) in [5.41, 5.74) is -0.311. The Morgan fingerprint density at radius 3 is 2.62 bits per heavy atom. The van der Waals surface area contributed by atoms with Gasteiger partial charge in [0.25, 0.3) is 0 Å². The second kappa shape index (κ2) is 2.97. The van der Waals surface area contributed by atoms with Crippen molar-refractivity contribution in [1.29, 1.82) is 0 Å². The number of rotatable bonds is 1. The van der Waals surface area contributed by atoms with E-state index >= 15 is 0 Å². The fraction of sp³-hybridized carbons (Fsp3) is 0.333. The van der Waals surface area contributed by atoms with Crippen LogP contribution in [0.15, 0.2) is 22.7 Å². The fourth-order valence-electron chi connectivity index (χ4n) is 1.44. The number of β-amino-alcohol motifs (C(OH)–C–C–N with tert-alkyl or cyclic N) is 1. The first kappa shape index (κ1) is 8.99. The van der Waals surface area contributed by atoms with Gasteiger partial charge in [0.05, 0.1) is 4.47 Å². The number of para-hydroxylation sites is 1. The maximum absolute atomic E-state index is 9.94. The molecule has 0 aromatic heterocycles. The highest BCUT2D eigenvalue weighted by Crippen LogP contribution is 2.36. The van der Waals surface area contributed by atoms with E-state index in [1.807, 2.05) is 0 Å². The molecule has 4 heteroatoms. The summed E-state index contributed by atoms with van der Waals surface area (Å²) in [6, 6.07) is 5.28. The first-order valence-electron chi connectivity index (χ1n) is 4.04. The molecule has 3 nitrogen and oxygen atoms in total. The molecule has 3 N–H and O–H groups in total. The van der Waals surface area contributed by atoms with E-state index in [0.717, 1.165) is 0 Å². The largest absolute Gasteiger partial charge is 0.506 e. The van der Waals surface area contributed by atoms with E-state index in [2.05, 4.69) is 21.2 Å². The second-order valence-electron chi connectivity index (χ2n) is 3.27. The summed E-state index contributed by atoms with van der Waals surface area (Å²) in [6.07, 6.45) is 0. The molecule has 13 heavy (non-hydrogen) atoms. The van der Waals surface area contributed by atoms with Crippen molar-refractivity contribution in [3.8, 4) is 5.75 Å². The molecule has 1 fully saturated rings. The van der Waals surface area contributed by atoms with E-state index in [4.69, 9.17) is 0 Å². The Morgan fingerprint density at radius 2 is 2.08 bits per heavy atom. The van der Waals surface area contributed by atoms with Gasteiger partial charge in [-0.25, -0.2) is 0 Å².